The van der Waals surface area contributed by atoms with Gasteiger partial charge in [0.25, 0.3) is 17.7 Å². The molecule has 1 atom stereocenters. The van der Waals surface area contributed by atoms with Crippen LogP contribution in [0.1, 0.15) is 26.3 Å². The zero-order valence-corrected chi connectivity index (χ0v) is 19.1. The van der Waals surface area contributed by atoms with Gasteiger partial charge in [-0.1, -0.05) is 18.2 Å². The molecule has 0 bridgehead atoms. The lowest BCUT2D eigenvalue weighted by molar-refractivity contribution is -0.123. The standard InChI is InChI=1S/C26H25N3O5/c1-29-22-7-5-4-6-21(22)26(25(29)32,28-24(31)18-10-14-20(34-3)15-11-18)16-27-23(30)17-8-12-19(33-2)13-9-17/h4-15H,16H2,1-3H3,(H,27,30)(H,28,31). The number of carbonyl (C=O) groups is 3. The minimum absolute atomic E-state index is 0.125. The van der Waals surface area contributed by atoms with E-state index in [1.807, 2.05) is 6.07 Å². The number of nitrogens with zero attached hydrogens (tertiary/aromatic N) is 1. The maximum atomic E-state index is 13.5. The third-order valence-corrected chi connectivity index (χ3v) is 5.94. The van der Waals surface area contributed by atoms with Crippen molar-refractivity contribution in [3.63, 3.8) is 0 Å². The molecule has 0 radical (unpaired) electrons. The van der Waals surface area contributed by atoms with E-state index in [2.05, 4.69) is 10.6 Å². The van der Waals surface area contributed by atoms with Crippen molar-refractivity contribution in [1.82, 2.24) is 10.6 Å². The predicted molar refractivity (Wildman–Crippen MR) is 127 cm³/mol. The van der Waals surface area contributed by atoms with Crippen LogP contribution in [0.5, 0.6) is 11.5 Å². The molecule has 0 aromatic heterocycles. The van der Waals surface area contributed by atoms with Crippen LogP contribution in [0.2, 0.25) is 0 Å². The van der Waals surface area contributed by atoms with Crippen molar-refractivity contribution >= 4 is 23.4 Å². The number of methoxy groups -OCH3 is 2. The fourth-order valence-corrected chi connectivity index (χ4v) is 4.04. The van der Waals surface area contributed by atoms with Gasteiger partial charge in [-0.15, -0.1) is 0 Å². The quantitative estimate of drug-likeness (QED) is 0.566. The molecule has 1 heterocycles. The summed E-state index contributed by atoms with van der Waals surface area (Å²) in [6, 6.07) is 20.4. The number of benzene rings is 3. The first-order valence-corrected chi connectivity index (χ1v) is 10.7. The molecular weight excluding hydrogens is 434 g/mol. The molecule has 0 spiro atoms. The summed E-state index contributed by atoms with van der Waals surface area (Å²) < 4.78 is 10.3. The molecule has 0 saturated heterocycles. The monoisotopic (exact) mass is 459 g/mol. The lowest BCUT2D eigenvalue weighted by Crippen LogP contribution is -2.58. The number of anilines is 1. The van der Waals surface area contributed by atoms with E-state index in [4.69, 9.17) is 9.47 Å². The number of carbonyl (C=O) groups excluding carboxylic acids is 3. The van der Waals surface area contributed by atoms with Crippen LogP contribution in [0.15, 0.2) is 72.8 Å². The lowest BCUT2D eigenvalue weighted by atomic mass is 9.90. The van der Waals surface area contributed by atoms with Gasteiger partial charge in [0.15, 0.2) is 5.54 Å². The van der Waals surface area contributed by atoms with E-state index in [0.717, 1.165) is 0 Å². The molecular formula is C26H25N3O5. The van der Waals surface area contributed by atoms with Gasteiger partial charge in [0, 0.05) is 29.4 Å². The van der Waals surface area contributed by atoms with E-state index in [1.54, 1.807) is 88.0 Å². The van der Waals surface area contributed by atoms with E-state index < -0.39 is 11.4 Å². The summed E-state index contributed by atoms with van der Waals surface area (Å²) in [5.74, 6) is 0.0762. The molecule has 1 aliphatic rings. The minimum Gasteiger partial charge on any atom is -0.497 e. The van der Waals surface area contributed by atoms with E-state index in [0.29, 0.717) is 33.9 Å². The Hall–Kier alpha value is -4.33. The maximum Gasteiger partial charge on any atom is 0.259 e. The number of ether oxygens (including phenoxy) is 2. The molecule has 3 aromatic rings. The zero-order chi connectivity index (χ0) is 24.3. The van der Waals surface area contributed by atoms with E-state index in [1.165, 1.54) is 4.90 Å². The first-order valence-electron chi connectivity index (χ1n) is 10.7. The Morgan fingerprint density at radius 3 is 1.91 bits per heavy atom. The van der Waals surface area contributed by atoms with Gasteiger partial charge in [-0.2, -0.15) is 0 Å². The van der Waals surface area contributed by atoms with Gasteiger partial charge < -0.3 is 25.0 Å². The Labute approximate surface area is 197 Å². The van der Waals surface area contributed by atoms with Gasteiger partial charge >= 0.3 is 0 Å². The average Bonchev–Trinajstić information content (AvgIpc) is 3.09. The van der Waals surface area contributed by atoms with E-state index >= 15 is 0 Å². The summed E-state index contributed by atoms with van der Waals surface area (Å²) in [7, 11) is 4.73. The van der Waals surface area contributed by atoms with Crippen LogP contribution in [-0.2, 0) is 10.3 Å². The summed E-state index contributed by atoms with van der Waals surface area (Å²) in [5.41, 5.74) is 0.580. The second-order valence-corrected chi connectivity index (χ2v) is 7.88. The molecule has 2 N–H and O–H groups in total. The molecule has 0 saturated carbocycles. The van der Waals surface area contributed by atoms with Crippen molar-refractivity contribution in [2.45, 2.75) is 5.54 Å². The number of hydrogen-bond donors (Lipinski definition) is 2. The van der Waals surface area contributed by atoms with Crippen LogP contribution in [-0.4, -0.2) is 45.5 Å². The first kappa shape index (κ1) is 22.8. The Balaban J connectivity index is 1.65. The van der Waals surface area contributed by atoms with Gasteiger partial charge in [0.05, 0.1) is 20.8 Å². The molecule has 0 fully saturated rings. The molecule has 3 amide bonds. The number of hydrogen-bond acceptors (Lipinski definition) is 5. The normalized spacial score (nSPS) is 16.6. The van der Waals surface area contributed by atoms with Crippen LogP contribution in [0.25, 0.3) is 0 Å². The highest BCUT2D eigenvalue weighted by molar-refractivity contribution is 6.11. The Morgan fingerprint density at radius 1 is 0.824 bits per heavy atom. The largest absolute Gasteiger partial charge is 0.497 e. The lowest BCUT2D eigenvalue weighted by Gasteiger charge is -2.30. The van der Waals surface area contributed by atoms with Crippen LogP contribution >= 0.6 is 0 Å². The average molecular weight is 460 g/mol. The predicted octanol–water partition coefficient (Wildman–Crippen LogP) is 2.74. The van der Waals surface area contributed by atoms with E-state index in [-0.39, 0.29) is 18.4 Å². The smallest absolute Gasteiger partial charge is 0.259 e. The summed E-state index contributed by atoms with van der Waals surface area (Å²) in [4.78, 5) is 41.1. The zero-order valence-electron chi connectivity index (χ0n) is 19.1. The number of fused-ring (bicyclic) bond motifs is 1. The Morgan fingerprint density at radius 2 is 1.35 bits per heavy atom. The van der Waals surface area contributed by atoms with Crippen molar-refractivity contribution in [2.75, 3.05) is 32.7 Å². The van der Waals surface area contributed by atoms with Crippen LogP contribution in [0, 0.1) is 0 Å². The Kier molecular flexibility index (Phi) is 6.23. The molecule has 1 aliphatic heterocycles. The van der Waals surface area contributed by atoms with Crippen LogP contribution in [0.4, 0.5) is 5.69 Å². The SMILES string of the molecule is COc1ccc(C(=O)NCC2(NC(=O)c3ccc(OC)cc3)C(=O)N(C)c3ccccc32)cc1. The van der Waals surface area contributed by atoms with Crippen LogP contribution < -0.4 is 25.0 Å². The highest BCUT2D eigenvalue weighted by atomic mass is 16.5. The molecule has 1 unspecified atom stereocenters. The van der Waals surface area contributed by atoms with E-state index in [9.17, 15) is 14.4 Å². The molecule has 34 heavy (non-hydrogen) atoms. The topological polar surface area (TPSA) is 97.0 Å². The van der Waals surface area contributed by atoms with Crippen molar-refractivity contribution in [3.05, 3.63) is 89.5 Å². The molecule has 8 nitrogen and oxygen atoms in total. The summed E-state index contributed by atoms with van der Waals surface area (Å²) >= 11 is 0. The number of para-hydroxylation sites is 1. The van der Waals surface area contributed by atoms with Crippen LogP contribution in [0.3, 0.4) is 0 Å². The van der Waals surface area contributed by atoms with Gasteiger partial charge in [-0.25, -0.2) is 0 Å². The third-order valence-electron chi connectivity index (χ3n) is 5.94. The maximum absolute atomic E-state index is 13.5. The van der Waals surface area contributed by atoms with Crippen molar-refractivity contribution in [1.29, 1.82) is 0 Å². The van der Waals surface area contributed by atoms with Gasteiger partial charge in [0.2, 0.25) is 0 Å². The van der Waals surface area contributed by atoms with Gasteiger partial charge in [-0.3, -0.25) is 14.4 Å². The fourth-order valence-electron chi connectivity index (χ4n) is 4.04. The number of nitrogens with one attached hydrogen (secondary N) is 2. The van der Waals surface area contributed by atoms with Crippen molar-refractivity contribution in [2.24, 2.45) is 0 Å². The third kappa shape index (κ3) is 4.05. The van der Waals surface area contributed by atoms with Gasteiger partial charge in [0.1, 0.15) is 11.5 Å². The summed E-state index contributed by atoms with van der Waals surface area (Å²) in [6.07, 6.45) is 0. The van der Waals surface area contributed by atoms with Gasteiger partial charge in [-0.05, 0) is 54.6 Å². The fraction of sp³-hybridized carbons (Fsp3) is 0.192. The second kappa shape index (κ2) is 9.27. The molecule has 8 heteroatoms. The summed E-state index contributed by atoms with van der Waals surface area (Å²) in [5, 5.41) is 5.73. The van der Waals surface area contributed by atoms with Crippen molar-refractivity contribution in [3.8, 4) is 11.5 Å². The number of likely N-dealkylation sites (N-methyl/N-ethyl adjacent to an activating group) is 1. The number of rotatable bonds is 7. The first-order chi connectivity index (χ1) is 16.4. The molecule has 174 valence electrons. The molecule has 3 aromatic carbocycles. The molecule has 4 rings (SSSR count). The Bertz CT molecular complexity index is 1220. The highest BCUT2D eigenvalue weighted by Crippen LogP contribution is 2.39. The minimum atomic E-state index is -1.47. The highest BCUT2D eigenvalue weighted by Gasteiger charge is 2.51. The van der Waals surface area contributed by atoms with Crippen molar-refractivity contribution < 1.29 is 23.9 Å². The second-order valence-electron chi connectivity index (χ2n) is 7.88. The summed E-state index contributed by atoms with van der Waals surface area (Å²) in [6.45, 7) is -0.125. The molecule has 0 aliphatic carbocycles. The number of amides is 3.